The summed E-state index contributed by atoms with van der Waals surface area (Å²) in [6.45, 7) is 3.32. The number of nitrogens with one attached hydrogen (secondary N) is 2. The lowest BCUT2D eigenvalue weighted by molar-refractivity contribution is -0.142. The van der Waals surface area contributed by atoms with E-state index >= 15 is 0 Å². The van der Waals surface area contributed by atoms with Crippen LogP contribution in [-0.4, -0.2) is 30.1 Å². The van der Waals surface area contributed by atoms with E-state index in [1.807, 2.05) is 0 Å². The minimum Gasteiger partial charge on any atom is -0.495 e. The van der Waals surface area contributed by atoms with Crippen molar-refractivity contribution in [2.75, 3.05) is 12.4 Å². The maximum absolute atomic E-state index is 12.0. The second-order valence-corrected chi connectivity index (χ2v) is 5.60. The maximum Gasteiger partial charge on any atom is 0.326 e. The second-order valence-electron chi connectivity index (χ2n) is 5.20. The van der Waals surface area contributed by atoms with Crippen LogP contribution in [0.25, 0.3) is 0 Å². The number of ether oxygens (including phenoxy) is 1. The minimum atomic E-state index is -1.16. The predicted octanol–water partition coefficient (Wildman–Crippen LogP) is 2.39. The molecule has 0 aliphatic heterocycles. The number of hydrogen-bond donors (Lipinski definition) is 3. The third kappa shape index (κ3) is 5.18. The Morgan fingerprint density at radius 3 is 2.54 bits per heavy atom. The highest BCUT2D eigenvalue weighted by atomic mass is 35.5. The van der Waals surface area contributed by atoms with Crippen molar-refractivity contribution in [3.05, 3.63) is 35.0 Å². The van der Waals surface area contributed by atoms with Gasteiger partial charge in [-0.2, -0.15) is 5.26 Å². The van der Waals surface area contributed by atoms with Crippen LogP contribution in [0, 0.1) is 17.2 Å². The molecule has 0 bridgehead atoms. The standard InChI is InChI=1S/C16H18ClN3O4/c1-9(2)14(16(22)23)20-15(21)10(7-18)8-19-11-4-5-13(24-3)12(17)6-11/h4-6,8-9,14,19H,1-3H3,(H,20,21)(H,22,23)/b10-8-. The quantitative estimate of drug-likeness (QED) is 0.513. The average Bonchev–Trinajstić information content (AvgIpc) is 2.52. The number of nitriles is 1. The summed E-state index contributed by atoms with van der Waals surface area (Å²) < 4.78 is 5.03. The van der Waals surface area contributed by atoms with Gasteiger partial charge in [0.1, 0.15) is 23.4 Å². The third-order valence-corrected chi connectivity index (χ3v) is 3.41. The highest BCUT2D eigenvalue weighted by Crippen LogP contribution is 2.27. The van der Waals surface area contributed by atoms with Crippen LogP contribution in [0.1, 0.15) is 13.8 Å². The van der Waals surface area contributed by atoms with Gasteiger partial charge in [-0.25, -0.2) is 4.79 Å². The van der Waals surface area contributed by atoms with Gasteiger partial charge in [-0.3, -0.25) is 4.79 Å². The molecule has 7 nitrogen and oxygen atoms in total. The summed E-state index contributed by atoms with van der Waals surface area (Å²) in [5.74, 6) is -1.76. The molecular weight excluding hydrogens is 334 g/mol. The van der Waals surface area contributed by atoms with Crippen molar-refractivity contribution in [3.8, 4) is 11.8 Å². The molecule has 24 heavy (non-hydrogen) atoms. The highest BCUT2D eigenvalue weighted by molar-refractivity contribution is 6.32. The Balaban J connectivity index is 2.87. The number of amides is 1. The smallest absolute Gasteiger partial charge is 0.326 e. The molecule has 0 aromatic heterocycles. The average molecular weight is 352 g/mol. The summed E-state index contributed by atoms with van der Waals surface area (Å²) >= 11 is 5.98. The number of methoxy groups -OCH3 is 1. The molecule has 0 aliphatic carbocycles. The summed E-state index contributed by atoms with van der Waals surface area (Å²) in [6.07, 6.45) is 1.19. The zero-order valence-electron chi connectivity index (χ0n) is 13.5. The van der Waals surface area contributed by atoms with Crippen LogP contribution >= 0.6 is 11.6 Å². The second kappa shape index (κ2) is 8.79. The summed E-state index contributed by atoms with van der Waals surface area (Å²) in [6, 6.07) is 5.50. The summed E-state index contributed by atoms with van der Waals surface area (Å²) in [7, 11) is 1.49. The van der Waals surface area contributed by atoms with E-state index in [1.165, 1.54) is 13.3 Å². The Morgan fingerprint density at radius 2 is 2.08 bits per heavy atom. The molecule has 1 aromatic carbocycles. The number of rotatable bonds is 7. The van der Waals surface area contributed by atoms with Crippen molar-refractivity contribution in [1.82, 2.24) is 5.32 Å². The van der Waals surface area contributed by atoms with Crippen molar-refractivity contribution in [1.29, 1.82) is 5.26 Å². The molecule has 0 heterocycles. The molecule has 1 atom stereocenters. The van der Waals surface area contributed by atoms with Crippen molar-refractivity contribution in [3.63, 3.8) is 0 Å². The Labute approximate surface area is 144 Å². The molecule has 1 rings (SSSR count). The van der Waals surface area contributed by atoms with Gasteiger partial charge in [0.25, 0.3) is 5.91 Å². The molecule has 0 spiro atoms. The van der Waals surface area contributed by atoms with Crippen LogP contribution < -0.4 is 15.4 Å². The predicted molar refractivity (Wildman–Crippen MR) is 89.7 cm³/mol. The normalized spacial score (nSPS) is 12.2. The van der Waals surface area contributed by atoms with E-state index in [4.69, 9.17) is 26.7 Å². The SMILES string of the molecule is COc1ccc(N/C=C(/C#N)C(=O)NC(C(=O)O)C(C)C)cc1Cl. The molecule has 3 N–H and O–H groups in total. The van der Waals surface area contributed by atoms with Crippen LogP contribution in [0.2, 0.25) is 5.02 Å². The molecule has 0 saturated carbocycles. The first-order valence-electron chi connectivity index (χ1n) is 7.04. The molecular formula is C16H18ClN3O4. The van der Waals surface area contributed by atoms with Gasteiger partial charge in [-0.15, -0.1) is 0 Å². The lowest BCUT2D eigenvalue weighted by Gasteiger charge is -2.17. The fourth-order valence-corrected chi connectivity index (χ4v) is 2.05. The van der Waals surface area contributed by atoms with Crippen LogP contribution in [0.3, 0.4) is 0 Å². The number of anilines is 1. The Kier molecular flexibility index (Phi) is 7.08. The molecule has 128 valence electrons. The zero-order chi connectivity index (χ0) is 18.3. The summed E-state index contributed by atoms with van der Waals surface area (Å²) in [5, 5.41) is 23.6. The van der Waals surface area contributed by atoms with Gasteiger partial charge in [0.05, 0.1) is 12.1 Å². The lowest BCUT2D eigenvalue weighted by atomic mass is 10.0. The number of aliphatic carboxylic acids is 1. The van der Waals surface area contributed by atoms with Crippen molar-refractivity contribution >= 4 is 29.2 Å². The number of nitrogens with zero attached hydrogens (tertiary/aromatic N) is 1. The first-order valence-corrected chi connectivity index (χ1v) is 7.42. The third-order valence-electron chi connectivity index (χ3n) is 3.12. The largest absolute Gasteiger partial charge is 0.495 e. The number of hydrogen-bond acceptors (Lipinski definition) is 5. The van der Waals surface area contributed by atoms with Gasteiger partial charge >= 0.3 is 5.97 Å². The maximum atomic E-state index is 12.0. The number of carbonyl (C=O) groups is 2. The zero-order valence-corrected chi connectivity index (χ0v) is 14.2. The lowest BCUT2D eigenvalue weighted by Crippen LogP contribution is -2.44. The molecule has 1 unspecified atom stereocenters. The van der Waals surface area contributed by atoms with E-state index in [2.05, 4.69) is 10.6 Å². The van der Waals surface area contributed by atoms with Crippen molar-refractivity contribution < 1.29 is 19.4 Å². The number of benzene rings is 1. The molecule has 0 radical (unpaired) electrons. The number of carboxylic acid groups (broad SMARTS) is 1. The molecule has 0 fully saturated rings. The molecule has 0 aliphatic rings. The van der Waals surface area contributed by atoms with Crippen molar-refractivity contribution in [2.24, 2.45) is 5.92 Å². The van der Waals surface area contributed by atoms with E-state index in [0.717, 1.165) is 0 Å². The fraction of sp³-hybridized carbons (Fsp3) is 0.312. The number of carbonyl (C=O) groups excluding carboxylic acids is 1. The van der Waals surface area contributed by atoms with Gasteiger partial charge in [-0.1, -0.05) is 25.4 Å². The van der Waals surface area contributed by atoms with Gasteiger partial charge in [-0.05, 0) is 24.1 Å². The van der Waals surface area contributed by atoms with E-state index in [-0.39, 0.29) is 11.5 Å². The monoisotopic (exact) mass is 351 g/mol. The summed E-state index contributed by atoms with van der Waals surface area (Å²) in [4.78, 5) is 23.1. The Morgan fingerprint density at radius 1 is 1.42 bits per heavy atom. The van der Waals surface area contributed by atoms with E-state index in [1.54, 1.807) is 38.1 Å². The Hall–Kier alpha value is -2.72. The Bertz CT molecular complexity index is 695. The number of carboxylic acids is 1. The van der Waals surface area contributed by atoms with Gasteiger partial charge in [0, 0.05) is 11.9 Å². The molecule has 8 heteroatoms. The topological polar surface area (TPSA) is 111 Å². The van der Waals surface area contributed by atoms with Crippen molar-refractivity contribution in [2.45, 2.75) is 19.9 Å². The fourth-order valence-electron chi connectivity index (χ4n) is 1.79. The van der Waals surface area contributed by atoms with Gasteiger partial charge in [0.15, 0.2) is 0 Å². The first-order chi connectivity index (χ1) is 11.3. The minimum absolute atomic E-state index is 0.256. The van der Waals surface area contributed by atoms with Crippen LogP contribution in [-0.2, 0) is 9.59 Å². The van der Waals surface area contributed by atoms with E-state index in [0.29, 0.717) is 16.5 Å². The van der Waals surface area contributed by atoms with E-state index < -0.39 is 17.9 Å². The van der Waals surface area contributed by atoms with Crippen LogP contribution in [0.15, 0.2) is 30.0 Å². The van der Waals surface area contributed by atoms with Crippen LogP contribution in [0.5, 0.6) is 5.75 Å². The summed E-state index contributed by atoms with van der Waals surface area (Å²) in [5.41, 5.74) is 0.286. The van der Waals surface area contributed by atoms with Crippen LogP contribution in [0.4, 0.5) is 5.69 Å². The molecule has 1 amide bonds. The highest BCUT2D eigenvalue weighted by Gasteiger charge is 2.24. The van der Waals surface area contributed by atoms with Gasteiger partial charge in [0.2, 0.25) is 0 Å². The molecule has 0 saturated heterocycles. The van der Waals surface area contributed by atoms with E-state index in [9.17, 15) is 9.59 Å². The number of halogens is 1. The van der Waals surface area contributed by atoms with Gasteiger partial charge < -0.3 is 20.5 Å². The first kappa shape index (κ1) is 19.3. The molecule has 1 aromatic rings.